The molecule has 0 aliphatic heterocycles. The van der Waals surface area contributed by atoms with Crippen molar-refractivity contribution in [2.45, 2.75) is 0 Å². The zero-order chi connectivity index (χ0) is 13.7. The normalized spacial score (nSPS) is 11.5. The summed E-state index contributed by atoms with van der Waals surface area (Å²) >= 11 is 0. The van der Waals surface area contributed by atoms with Gasteiger partial charge < -0.3 is 5.73 Å². The third-order valence-electron chi connectivity index (χ3n) is 4.10. The molecular formula is C19H15N. The monoisotopic (exact) mass is 257 g/mol. The summed E-state index contributed by atoms with van der Waals surface area (Å²) in [5, 5.41) is 10.7. The molecule has 0 heterocycles. The molecule has 0 atom stereocenters. The molecule has 0 amide bonds. The Morgan fingerprint density at radius 2 is 1.05 bits per heavy atom. The second-order valence-corrected chi connectivity index (χ2v) is 5.14. The maximum absolute atomic E-state index is 4.50. The standard InChI is InChI=1S/C18H10.CH5N/c1-2-12-7-15-9-14-8-13-5-4-11(14)6-16(15)10-18(12)17(13)3-1;1-2/h1-10H;2H2,1H3. The molecule has 8 aromatic rings. The van der Waals surface area contributed by atoms with E-state index in [1.165, 1.54) is 50.1 Å². The lowest BCUT2D eigenvalue weighted by Gasteiger charge is -2.03. The number of fused-ring (bicyclic) bond motifs is 1. The second kappa shape index (κ2) is 4.06. The van der Waals surface area contributed by atoms with Crippen LogP contribution in [0.5, 0.6) is 0 Å². The lowest BCUT2D eigenvalue weighted by Crippen LogP contribution is -1.76. The lowest BCUT2D eigenvalue weighted by molar-refractivity contribution is 1.48. The van der Waals surface area contributed by atoms with E-state index in [1.807, 2.05) is 0 Å². The van der Waals surface area contributed by atoms with Crippen molar-refractivity contribution in [3.05, 3.63) is 60.7 Å². The highest BCUT2D eigenvalue weighted by Gasteiger charge is 2.06. The molecule has 1 nitrogen and oxygen atoms in total. The SMILES string of the molecule is CN.c1cc2cc3cc4cc5ccc4cc3cc2c5c1. The highest BCUT2D eigenvalue weighted by atomic mass is 14.4. The van der Waals surface area contributed by atoms with E-state index in [0.29, 0.717) is 0 Å². The van der Waals surface area contributed by atoms with E-state index < -0.39 is 0 Å². The summed E-state index contributed by atoms with van der Waals surface area (Å²) in [6, 6.07) is 22.6. The van der Waals surface area contributed by atoms with Crippen LogP contribution >= 0.6 is 0 Å². The van der Waals surface area contributed by atoms with E-state index in [9.17, 15) is 0 Å². The van der Waals surface area contributed by atoms with Gasteiger partial charge in [-0.2, -0.15) is 0 Å². The molecular weight excluding hydrogens is 242 g/mol. The number of hydrogen-bond donors (Lipinski definition) is 1. The summed E-state index contributed by atoms with van der Waals surface area (Å²) in [6.45, 7) is 0. The van der Waals surface area contributed by atoms with Gasteiger partial charge in [0.25, 0.3) is 0 Å². The highest BCUT2D eigenvalue weighted by Crippen LogP contribution is 2.34. The van der Waals surface area contributed by atoms with Crippen LogP contribution in [0.15, 0.2) is 60.7 Å². The molecule has 0 fully saturated rings. The van der Waals surface area contributed by atoms with Gasteiger partial charge in [0.2, 0.25) is 0 Å². The van der Waals surface area contributed by atoms with E-state index >= 15 is 0 Å². The minimum absolute atomic E-state index is 1.32. The first-order valence-electron chi connectivity index (χ1n) is 6.87. The Bertz CT molecular complexity index is 1000. The Morgan fingerprint density at radius 1 is 0.500 bits per heavy atom. The van der Waals surface area contributed by atoms with Crippen molar-refractivity contribution in [1.29, 1.82) is 0 Å². The largest absolute Gasteiger partial charge is 0.333 e. The molecule has 96 valence electrons. The molecule has 0 spiro atoms. The van der Waals surface area contributed by atoms with Gasteiger partial charge in [0.15, 0.2) is 0 Å². The average Bonchev–Trinajstić information content (AvgIpc) is 2.65. The van der Waals surface area contributed by atoms with Crippen molar-refractivity contribution >= 4 is 43.1 Å². The first kappa shape index (κ1) is 11.4. The van der Waals surface area contributed by atoms with Crippen molar-refractivity contribution < 1.29 is 0 Å². The lowest BCUT2D eigenvalue weighted by atomic mass is 10.0. The average molecular weight is 257 g/mol. The highest BCUT2D eigenvalue weighted by molar-refractivity contribution is 6.15. The van der Waals surface area contributed by atoms with Gasteiger partial charge in [-0.05, 0) is 80.5 Å². The van der Waals surface area contributed by atoms with Crippen LogP contribution in [-0.2, 0) is 0 Å². The fraction of sp³-hybridized carbons (Fsp3) is 0.0526. The molecule has 0 unspecified atom stereocenters. The third-order valence-corrected chi connectivity index (χ3v) is 4.10. The number of rotatable bonds is 0. The van der Waals surface area contributed by atoms with E-state index in [4.69, 9.17) is 0 Å². The Morgan fingerprint density at radius 3 is 1.90 bits per heavy atom. The van der Waals surface area contributed by atoms with Gasteiger partial charge in [0.05, 0.1) is 0 Å². The first-order valence-corrected chi connectivity index (χ1v) is 6.87. The molecule has 2 N–H and O–H groups in total. The topological polar surface area (TPSA) is 26.0 Å². The van der Waals surface area contributed by atoms with Crippen LogP contribution < -0.4 is 5.73 Å². The van der Waals surface area contributed by atoms with Crippen molar-refractivity contribution in [2.75, 3.05) is 7.05 Å². The van der Waals surface area contributed by atoms with Crippen LogP contribution in [-0.4, -0.2) is 7.05 Å². The molecule has 0 aliphatic rings. The van der Waals surface area contributed by atoms with Gasteiger partial charge in [-0.1, -0.05) is 30.3 Å². The van der Waals surface area contributed by atoms with Gasteiger partial charge in [-0.15, -0.1) is 0 Å². The Kier molecular flexibility index (Phi) is 2.32. The maximum atomic E-state index is 4.50. The number of nitrogens with two attached hydrogens (primary N) is 1. The number of benzene rings is 4. The minimum atomic E-state index is 1.32. The van der Waals surface area contributed by atoms with Crippen LogP contribution in [0.1, 0.15) is 0 Å². The zero-order valence-corrected chi connectivity index (χ0v) is 11.4. The molecule has 1 heteroatoms. The van der Waals surface area contributed by atoms with Gasteiger partial charge in [-0.25, -0.2) is 0 Å². The van der Waals surface area contributed by atoms with Gasteiger partial charge in [0, 0.05) is 0 Å². The predicted octanol–water partition coefficient (Wildman–Crippen LogP) is 4.75. The summed E-state index contributed by atoms with van der Waals surface area (Å²) in [4.78, 5) is 0. The molecule has 0 aliphatic carbocycles. The zero-order valence-electron chi connectivity index (χ0n) is 11.4. The molecule has 0 aromatic heterocycles. The Labute approximate surface area is 117 Å². The summed E-state index contributed by atoms with van der Waals surface area (Å²) in [7, 11) is 1.50. The maximum Gasteiger partial charge on any atom is -0.00990 e. The van der Waals surface area contributed by atoms with E-state index in [-0.39, 0.29) is 0 Å². The van der Waals surface area contributed by atoms with Crippen molar-refractivity contribution in [3.63, 3.8) is 0 Å². The van der Waals surface area contributed by atoms with Crippen molar-refractivity contribution in [3.8, 4) is 0 Å². The van der Waals surface area contributed by atoms with E-state index in [0.717, 1.165) is 0 Å². The van der Waals surface area contributed by atoms with Crippen LogP contribution in [0, 0.1) is 0 Å². The van der Waals surface area contributed by atoms with Crippen LogP contribution in [0.2, 0.25) is 0 Å². The Hall–Kier alpha value is -2.38. The smallest absolute Gasteiger partial charge is 0.00990 e. The Balaban J connectivity index is 0.000000509. The quantitative estimate of drug-likeness (QED) is 0.398. The van der Waals surface area contributed by atoms with Crippen molar-refractivity contribution in [1.82, 2.24) is 0 Å². The minimum Gasteiger partial charge on any atom is -0.333 e. The number of hydrogen-bond acceptors (Lipinski definition) is 1. The van der Waals surface area contributed by atoms with E-state index in [1.54, 1.807) is 0 Å². The fourth-order valence-electron chi connectivity index (χ4n) is 3.20. The van der Waals surface area contributed by atoms with Crippen LogP contribution in [0.3, 0.4) is 0 Å². The summed E-state index contributed by atoms with van der Waals surface area (Å²) in [5.74, 6) is 0. The first-order chi connectivity index (χ1) is 9.88. The van der Waals surface area contributed by atoms with Gasteiger partial charge in [0.1, 0.15) is 0 Å². The molecule has 8 rings (SSSR count). The molecule has 0 saturated heterocycles. The molecule has 20 heavy (non-hydrogen) atoms. The van der Waals surface area contributed by atoms with E-state index in [2.05, 4.69) is 66.4 Å². The predicted molar refractivity (Wildman–Crippen MR) is 88.9 cm³/mol. The van der Waals surface area contributed by atoms with Crippen LogP contribution in [0.25, 0.3) is 43.1 Å². The molecule has 0 radical (unpaired) electrons. The second-order valence-electron chi connectivity index (χ2n) is 5.14. The fourth-order valence-corrected chi connectivity index (χ4v) is 3.20. The van der Waals surface area contributed by atoms with Gasteiger partial charge >= 0.3 is 0 Å². The van der Waals surface area contributed by atoms with Crippen LogP contribution in [0.4, 0.5) is 0 Å². The van der Waals surface area contributed by atoms with Crippen molar-refractivity contribution in [2.24, 2.45) is 5.73 Å². The summed E-state index contributed by atoms with van der Waals surface area (Å²) in [6.07, 6.45) is 0. The third kappa shape index (κ3) is 1.41. The van der Waals surface area contributed by atoms with Gasteiger partial charge in [-0.3, -0.25) is 0 Å². The summed E-state index contributed by atoms with van der Waals surface area (Å²) in [5.41, 5.74) is 4.50. The summed E-state index contributed by atoms with van der Waals surface area (Å²) < 4.78 is 0. The molecule has 0 saturated carbocycles. The molecule has 8 bridgehead atoms. The molecule has 8 aromatic carbocycles.